The summed E-state index contributed by atoms with van der Waals surface area (Å²) in [5, 5.41) is 11.3. The summed E-state index contributed by atoms with van der Waals surface area (Å²) in [6.45, 7) is 2.79. The number of nitriles is 1. The van der Waals surface area contributed by atoms with Crippen molar-refractivity contribution in [2.75, 3.05) is 13.1 Å². The smallest absolute Gasteiger partial charge is 0.266 e. The molecule has 0 bridgehead atoms. The Hall–Kier alpha value is -2.78. The summed E-state index contributed by atoms with van der Waals surface area (Å²) < 4.78 is 0. The molecule has 0 atom stereocenters. The minimum atomic E-state index is -0.707. The molecule has 0 saturated carbocycles. The Kier molecular flexibility index (Phi) is 5.61. The number of nitrogens with zero attached hydrogens (tertiary/aromatic N) is 2. The largest absolute Gasteiger partial charge is 0.364 e. The maximum absolute atomic E-state index is 12.0. The van der Waals surface area contributed by atoms with Crippen molar-refractivity contribution < 1.29 is 9.59 Å². The maximum atomic E-state index is 12.0. The Morgan fingerprint density at radius 1 is 1.42 bits per heavy atom. The molecule has 1 aliphatic heterocycles. The molecule has 0 spiro atoms. The van der Waals surface area contributed by atoms with Gasteiger partial charge in [0, 0.05) is 18.1 Å². The van der Waals surface area contributed by atoms with Gasteiger partial charge in [0.05, 0.1) is 5.57 Å². The summed E-state index contributed by atoms with van der Waals surface area (Å²) in [5.41, 5.74) is 7.52. The van der Waals surface area contributed by atoms with E-state index in [4.69, 9.17) is 22.6 Å². The molecule has 1 aliphatic rings. The predicted octanol–water partition coefficient (Wildman–Crippen LogP) is 1.48. The Morgan fingerprint density at radius 2 is 2.12 bits per heavy atom. The fraction of sp³-hybridized carbons (Fsp3) is 0.235. The Morgan fingerprint density at radius 3 is 2.75 bits per heavy atom. The summed E-state index contributed by atoms with van der Waals surface area (Å²) in [5.74, 6) is -1.35. The molecule has 1 heterocycles. The fourth-order valence-corrected chi connectivity index (χ4v) is 2.87. The van der Waals surface area contributed by atoms with Gasteiger partial charge in [0.1, 0.15) is 5.70 Å². The number of carbonyl (C=O) groups excluding carboxylic acids is 2. The minimum Gasteiger partial charge on any atom is -0.364 e. The summed E-state index contributed by atoms with van der Waals surface area (Å²) in [7, 11) is 0. The zero-order valence-electron chi connectivity index (χ0n) is 13.2. The van der Waals surface area contributed by atoms with Crippen LogP contribution in [0, 0.1) is 11.5 Å². The highest BCUT2D eigenvalue weighted by atomic mass is 35.5. The lowest BCUT2D eigenvalue weighted by molar-refractivity contribution is -0.119. The molecule has 0 fully saturated rings. The normalized spacial score (nSPS) is 14.0. The number of amides is 2. The molecule has 0 radical (unpaired) electrons. The van der Waals surface area contributed by atoms with Crippen molar-refractivity contribution in [2.24, 2.45) is 5.73 Å². The van der Waals surface area contributed by atoms with E-state index in [-0.39, 0.29) is 11.3 Å². The second kappa shape index (κ2) is 7.66. The van der Waals surface area contributed by atoms with Gasteiger partial charge in [-0.3, -0.25) is 14.9 Å². The van der Waals surface area contributed by atoms with E-state index in [9.17, 15) is 9.59 Å². The van der Waals surface area contributed by atoms with E-state index in [1.54, 1.807) is 23.2 Å². The quantitative estimate of drug-likeness (QED) is 0.624. The lowest BCUT2D eigenvalue weighted by atomic mass is 10.0. The molecular weight excluding hydrogens is 328 g/mol. The number of hydrogen-bond acceptors (Lipinski definition) is 4. The first-order valence-corrected chi connectivity index (χ1v) is 7.71. The van der Waals surface area contributed by atoms with E-state index >= 15 is 0 Å². The molecule has 0 aliphatic carbocycles. The average Bonchev–Trinajstić information content (AvgIpc) is 2.53. The highest BCUT2D eigenvalue weighted by Gasteiger charge is 2.27. The summed E-state index contributed by atoms with van der Waals surface area (Å²) in [6, 6.07) is 7.44. The highest BCUT2D eigenvalue weighted by molar-refractivity contribution is 6.31. The first-order valence-electron chi connectivity index (χ1n) is 7.33. The van der Waals surface area contributed by atoms with Crippen LogP contribution in [0.1, 0.15) is 12.5 Å². The van der Waals surface area contributed by atoms with E-state index < -0.39 is 11.8 Å². The SMILES string of the molecule is CC1=CC(C(=O)NC#N)=C(C(N)=O)N(CCc2ccccc2Cl)C1. The number of halogens is 1. The lowest BCUT2D eigenvalue weighted by Crippen LogP contribution is -2.39. The van der Waals surface area contributed by atoms with Crippen LogP contribution < -0.4 is 11.1 Å². The molecule has 2 rings (SSSR count). The van der Waals surface area contributed by atoms with Crippen molar-refractivity contribution >= 4 is 23.4 Å². The van der Waals surface area contributed by atoms with Crippen LogP contribution in [0.25, 0.3) is 0 Å². The van der Waals surface area contributed by atoms with E-state index in [0.29, 0.717) is 24.5 Å². The zero-order chi connectivity index (χ0) is 17.7. The van der Waals surface area contributed by atoms with E-state index in [2.05, 4.69) is 0 Å². The van der Waals surface area contributed by atoms with Crippen molar-refractivity contribution in [1.29, 1.82) is 5.26 Å². The maximum Gasteiger partial charge on any atom is 0.266 e. The Bertz CT molecular complexity index is 777. The van der Waals surface area contributed by atoms with Crippen LogP contribution >= 0.6 is 11.6 Å². The number of hydrogen-bond donors (Lipinski definition) is 2. The van der Waals surface area contributed by atoms with Crippen LogP contribution in [0.5, 0.6) is 0 Å². The zero-order valence-corrected chi connectivity index (χ0v) is 13.9. The van der Waals surface area contributed by atoms with Gasteiger partial charge in [-0.15, -0.1) is 0 Å². The molecule has 0 unspecified atom stereocenters. The first kappa shape index (κ1) is 17.6. The van der Waals surface area contributed by atoms with E-state index in [0.717, 1.165) is 11.1 Å². The molecule has 0 aromatic heterocycles. The van der Waals surface area contributed by atoms with Crippen LogP contribution in [0.2, 0.25) is 5.02 Å². The van der Waals surface area contributed by atoms with Crippen LogP contribution in [-0.4, -0.2) is 29.8 Å². The molecule has 2 amide bonds. The molecule has 1 aromatic rings. The predicted molar refractivity (Wildman–Crippen MR) is 90.5 cm³/mol. The number of carbonyl (C=O) groups is 2. The number of primary amides is 1. The monoisotopic (exact) mass is 344 g/mol. The standard InChI is InChI=1S/C17H17ClN4O2/c1-11-8-13(17(24)21-10-19)15(16(20)23)22(9-11)7-6-12-4-2-3-5-14(12)18/h2-5,8H,6-7,9H2,1H3,(H2,20,23)(H,21,24). The minimum absolute atomic E-state index is 0.104. The lowest BCUT2D eigenvalue weighted by Gasteiger charge is -2.31. The number of benzene rings is 1. The van der Waals surface area contributed by atoms with Crippen molar-refractivity contribution in [3.05, 3.63) is 57.8 Å². The molecule has 6 nitrogen and oxygen atoms in total. The fourth-order valence-electron chi connectivity index (χ4n) is 2.64. The molecule has 1 aromatic carbocycles. The van der Waals surface area contributed by atoms with Gasteiger partial charge in [-0.2, -0.15) is 5.26 Å². The van der Waals surface area contributed by atoms with Crippen molar-refractivity contribution in [3.8, 4) is 6.19 Å². The van der Waals surface area contributed by atoms with E-state index in [1.807, 2.05) is 30.4 Å². The van der Waals surface area contributed by atoms with Gasteiger partial charge in [0.15, 0.2) is 6.19 Å². The van der Waals surface area contributed by atoms with Gasteiger partial charge in [-0.1, -0.05) is 35.4 Å². The second-order valence-electron chi connectivity index (χ2n) is 5.45. The molecule has 124 valence electrons. The van der Waals surface area contributed by atoms with Gasteiger partial charge < -0.3 is 10.6 Å². The summed E-state index contributed by atoms with van der Waals surface area (Å²) >= 11 is 6.16. The van der Waals surface area contributed by atoms with Crippen LogP contribution in [0.3, 0.4) is 0 Å². The topological polar surface area (TPSA) is 99.2 Å². The van der Waals surface area contributed by atoms with Crippen LogP contribution in [0.4, 0.5) is 0 Å². The van der Waals surface area contributed by atoms with Crippen LogP contribution in [0.15, 0.2) is 47.2 Å². The van der Waals surface area contributed by atoms with Gasteiger partial charge in [0.25, 0.3) is 11.8 Å². The van der Waals surface area contributed by atoms with E-state index in [1.165, 1.54) is 0 Å². The van der Waals surface area contributed by atoms with Crippen molar-refractivity contribution in [3.63, 3.8) is 0 Å². The van der Waals surface area contributed by atoms with Gasteiger partial charge in [0.2, 0.25) is 0 Å². The van der Waals surface area contributed by atoms with Crippen molar-refractivity contribution in [1.82, 2.24) is 10.2 Å². The molecule has 3 N–H and O–H groups in total. The number of rotatable bonds is 5. The number of nitrogens with two attached hydrogens (primary N) is 1. The van der Waals surface area contributed by atoms with Gasteiger partial charge in [-0.25, -0.2) is 0 Å². The third-order valence-electron chi connectivity index (χ3n) is 3.66. The third kappa shape index (κ3) is 3.94. The molecule has 7 heteroatoms. The first-order chi connectivity index (χ1) is 11.4. The Labute approximate surface area is 145 Å². The molecule has 24 heavy (non-hydrogen) atoms. The van der Waals surface area contributed by atoms with Crippen molar-refractivity contribution in [2.45, 2.75) is 13.3 Å². The molecular formula is C17H17ClN4O2. The van der Waals surface area contributed by atoms with Gasteiger partial charge >= 0.3 is 0 Å². The average molecular weight is 345 g/mol. The highest BCUT2D eigenvalue weighted by Crippen LogP contribution is 2.23. The second-order valence-corrected chi connectivity index (χ2v) is 5.85. The molecule has 0 saturated heterocycles. The summed E-state index contributed by atoms with van der Waals surface area (Å²) in [4.78, 5) is 25.7. The van der Waals surface area contributed by atoms with Gasteiger partial charge in [-0.05, 0) is 31.1 Å². The van der Waals surface area contributed by atoms with Crippen LogP contribution in [-0.2, 0) is 16.0 Å². The Balaban J connectivity index is 2.30. The number of nitrogens with one attached hydrogen (secondary N) is 1. The third-order valence-corrected chi connectivity index (χ3v) is 4.03. The summed E-state index contributed by atoms with van der Waals surface area (Å²) in [6.07, 6.45) is 3.74.